The average molecular weight is 330 g/mol. The predicted molar refractivity (Wildman–Crippen MR) is 67.7 cm³/mol. The summed E-state index contributed by atoms with van der Waals surface area (Å²) in [6.45, 7) is -1.55. The first kappa shape index (κ1) is 16.3. The number of hydrogen-bond donors (Lipinski definition) is 2. The molecule has 17 heavy (non-hydrogen) atoms. The van der Waals surface area contributed by atoms with Crippen LogP contribution >= 0.6 is 28.3 Å². The maximum atomic E-state index is 12.8. The second kappa shape index (κ2) is 6.88. The molecule has 0 atom stereocenters. The zero-order chi connectivity index (χ0) is 12.2. The number of carbonyl (C=O) groups is 1. The molecule has 0 bridgehead atoms. The number of amides is 1. The lowest BCUT2D eigenvalue weighted by molar-refractivity contribution is 0.0118. The molecule has 0 heterocycles. The number of hydrogen-bond acceptors (Lipinski definition) is 2. The van der Waals surface area contributed by atoms with Crippen molar-refractivity contribution in [2.45, 2.75) is 5.92 Å². The summed E-state index contributed by atoms with van der Waals surface area (Å²) in [5.41, 5.74) is 5.17. The molecule has 0 saturated heterocycles. The van der Waals surface area contributed by atoms with Crippen LogP contribution in [0.2, 0.25) is 0 Å². The number of benzene rings is 1. The van der Waals surface area contributed by atoms with Crippen molar-refractivity contribution in [3.05, 3.63) is 34.3 Å². The monoisotopic (exact) mass is 328 g/mol. The van der Waals surface area contributed by atoms with Crippen LogP contribution < -0.4 is 11.1 Å². The summed E-state index contributed by atoms with van der Waals surface area (Å²) in [5, 5.41) is 2.13. The van der Waals surface area contributed by atoms with Crippen molar-refractivity contribution in [2.75, 3.05) is 13.1 Å². The summed E-state index contributed by atoms with van der Waals surface area (Å²) in [6, 6.07) is 6.59. The second-order valence-electron chi connectivity index (χ2n) is 3.22. The van der Waals surface area contributed by atoms with Gasteiger partial charge in [-0.1, -0.05) is 12.1 Å². The normalized spacial score (nSPS) is 10.6. The molecule has 0 spiro atoms. The Hall–Kier alpha value is -0.720. The second-order valence-corrected chi connectivity index (χ2v) is 4.08. The fraction of sp³-hybridized carbons (Fsp3) is 0.300. The van der Waals surface area contributed by atoms with Crippen LogP contribution in [-0.4, -0.2) is 24.9 Å². The lowest BCUT2D eigenvalue weighted by Crippen LogP contribution is -2.41. The first-order valence-corrected chi connectivity index (χ1v) is 5.36. The van der Waals surface area contributed by atoms with Crippen LogP contribution in [0.3, 0.4) is 0 Å². The Bertz CT molecular complexity index is 390. The zero-order valence-electron chi connectivity index (χ0n) is 8.75. The highest BCUT2D eigenvalue weighted by molar-refractivity contribution is 9.10. The topological polar surface area (TPSA) is 55.1 Å². The Labute approximate surface area is 112 Å². The van der Waals surface area contributed by atoms with Crippen molar-refractivity contribution >= 4 is 34.2 Å². The van der Waals surface area contributed by atoms with Crippen LogP contribution in [0.1, 0.15) is 10.4 Å². The minimum Gasteiger partial charge on any atom is -0.346 e. The van der Waals surface area contributed by atoms with Gasteiger partial charge in [0.1, 0.15) is 0 Å². The van der Waals surface area contributed by atoms with Crippen LogP contribution in [0.5, 0.6) is 0 Å². The highest BCUT2D eigenvalue weighted by atomic mass is 79.9. The van der Waals surface area contributed by atoms with E-state index in [4.69, 9.17) is 5.73 Å². The Morgan fingerprint density at radius 2 is 2.00 bits per heavy atom. The Morgan fingerprint density at radius 1 is 1.41 bits per heavy atom. The van der Waals surface area contributed by atoms with Gasteiger partial charge in [-0.3, -0.25) is 4.79 Å². The smallest absolute Gasteiger partial charge is 0.277 e. The van der Waals surface area contributed by atoms with E-state index < -0.39 is 24.9 Å². The van der Waals surface area contributed by atoms with Crippen LogP contribution in [0.4, 0.5) is 8.78 Å². The molecular weight excluding hydrogens is 317 g/mol. The molecule has 3 N–H and O–H groups in total. The van der Waals surface area contributed by atoms with Gasteiger partial charge in [-0.2, -0.15) is 0 Å². The molecule has 0 saturated carbocycles. The van der Waals surface area contributed by atoms with E-state index in [-0.39, 0.29) is 12.4 Å². The molecule has 3 nitrogen and oxygen atoms in total. The minimum atomic E-state index is -3.07. The van der Waals surface area contributed by atoms with Crippen molar-refractivity contribution in [1.29, 1.82) is 0 Å². The number of halogens is 4. The molecule has 0 aliphatic heterocycles. The largest absolute Gasteiger partial charge is 0.346 e. The average Bonchev–Trinajstić information content (AvgIpc) is 2.27. The van der Waals surface area contributed by atoms with E-state index in [0.717, 1.165) is 0 Å². The van der Waals surface area contributed by atoms with Gasteiger partial charge in [0, 0.05) is 4.47 Å². The van der Waals surface area contributed by atoms with Crippen molar-refractivity contribution in [3.8, 4) is 0 Å². The van der Waals surface area contributed by atoms with Crippen LogP contribution in [0, 0.1) is 0 Å². The molecule has 1 aromatic carbocycles. The molecule has 0 radical (unpaired) electrons. The van der Waals surface area contributed by atoms with Crippen LogP contribution in [0.15, 0.2) is 28.7 Å². The standard InChI is InChI=1S/C10H11BrF2N2O.ClH/c11-8-4-2-1-3-7(8)9(16)15-6-10(12,13)5-14;/h1-4H,5-6,14H2,(H,15,16);1H. The fourth-order valence-electron chi connectivity index (χ4n) is 1.02. The van der Waals surface area contributed by atoms with Gasteiger partial charge >= 0.3 is 0 Å². The third-order valence-electron chi connectivity index (χ3n) is 1.92. The lowest BCUT2D eigenvalue weighted by atomic mass is 10.2. The predicted octanol–water partition coefficient (Wildman–Crippen LogP) is 2.19. The number of rotatable bonds is 4. The lowest BCUT2D eigenvalue weighted by Gasteiger charge is -2.14. The van der Waals surface area contributed by atoms with Gasteiger partial charge in [0.25, 0.3) is 11.8 Å². The van der Waals surface area contributed by atoms with Gasteiger partial charge < -0.3 is 11.1 Å². The van der Waals surface area contributed by atoms with Crippen molar-refractivity contribution in [3.63, 3.8) is 0 Å². The van der Waals surface area contributed by atoms with E-state index in [1.165, 1.54) is 0 Å². The van der Waals surface area contributed by atoms with Crippen molar-refractivity contribution in [1.82, 2.24) is 5.32 Å². The summed E-state index contributed by atoms with van der Waals surface area (Å²) in [7, 11) is 0. The van der Waals surface area contributed by atoms with Gasteiger partial charge in [-0.05, 0) is 28.1 Å². The summed E-state index contributed by atoms with van der Waals surface area (Å²) in [4.78, 5) is 11.5. The maximum Gasteiger partial charge on any atom is 0.277 e. The highest BCUT2D eigenvalue weighted by Gasteiger charge is 2.27. The molecular formula is C10H12BrClF2N2O. The Kier molecular flexibility index (Phi) is 6.59. The molecule has 7 heteroatoms. The number of carbonyl (C=O) groups excluding carboxylic acids is 1. The molecule has 96 valence electrons. The fourth-order valence-corrected chi connectivity index (χ4v) is 1.49. The molecule has 0 fully saturated rings. The van der Waals surface area contributed by atoms with Crippen LogP contribution in [0.25, 0.3) is 0 Å². The van der Waals surface area contributed by atoms with Gasteiger partial charge in [0.2, 0.25) is 0 Å². The molecule has 0 aliphatic rings. The maximum absolute atomic E-state index is 12.8. The number of nitrogens with one attached hydrogen (secondary N) is 1. The van der Waals surface area contributed by atoms with Crippen molar-refractivity contribution in [2.24, 2.45) is 5.73 Å². The molecule has 0 unspecified atom stereocenters. The van der Waals surface area contributed by atoms with Gasteiger partial charge in [0.05, 0.1) is 18.7 Å². The third-order valence-corrected chi connectivity index (χ3v) is 2.62. The minimum absolute atomic E-state index is 0. The van der Waals surface area contributed by atoms with E-state index in [9.17, 15) is 13.6 Å². The number of nitrogens with two attached hydrogens (primary N) is 1. The first-order valence-electron chi connectivity index (χ1n) is 4.57. The van der Waals surface area contributed by atoms with Crippen molar-refractivity contribution < 1.29 is 13.6 Å². The Balaban J connectivity index is 0.00000256. The Morgan fingerprint density at radius 3 is 2.53 bits per heavy atom. The molecule has 0 aromatic heterocycles. The van der Waals surface area contributed by atoms with Gasteiger partial charge in [-0.25, -0.2) is 8.78 Å². The van der Waals surface area contributed by atoms with E-state index in [1.54, 1.807) is 24.3 Å². The molecule has 1 aromatic rings. The van der Waals surface area contributed by atoms with E-state index in [1.807, 2.05) is 0 Å². The van der Waals surface area contributed by atoms with Gasteiger partial charge in [0.15, 0.2) is 0 Å². The third kappa shape index (κ3) is 4.97. The summed E-state index contributed by atoms with van der Waals surface area (Å²) >= 11 is 3.16. The highest BCUT2D eigenvalue weighted by Crippen LogP contribution is 2.16. The van der Waals surface area contributed by atoms with E-state index in [0.29, 0.717) is 10.0 Å². The first-order chi connectivity index (χ1) is 7.46. The number of alkyl halides is 2. The molecule has 0 aliphatic carbocycles. The van der Waals surface area contributed by atoms with E-state index >= 15 is 0 Å². The van der Waals surface area contributed by atoms with Gasteiger partial charge in [-0.15, -0.1) is 12.4 Å². The molecule has 1 rings (SSSR count). The summed E-state index contributed by atoms with van der Waals surface area (Å²) < 4.78 is 26.1. The van der Waals surface area contributed by atoms with Crippen LogP contribution in [-0.2, 0) is 0 Å². The molecule has 1 amide bonds. The summed E-state index contributed by atoms with van der Waals surface area (Å²) in [5.74, 6) is -3.63. The quantitative estimate of drug-likeness (QED) is 0.890. The summed E-state index contributed by atoms with van der Waals surface area (Å²) in [6.07, 6.45) is 0. The van der Waals surface area contributed by atoms with E-state index in [2.05, 4.69) is 21.2 Å². The SMILES string of the molecule is Cl.NCC(F)(F)CNC(=O)c1ccccc1Br. The zero-order valence-corrected chi connectivity index (χ0v) is 11.2.